The molecule has 4 nitrogen and oxygen atoms in total. The number of benzene rings is 2. The van der Waals surface area contributed by atoms with E-state index in [4.69, 9.17) is 8.51 Å². The van der Waals surface area contributed by atoms with E-state index in [-0.39, 0.29) is 10.8 Å². The molecule has 0 fully saturated rings. The molecule has 35 heavy (non-hydrogen) atoms. The van der Waals surface area contributed by atoms with Crippen LogP contribution in [-0.4, -0.2) is 68.9 Å². The van der Waals surface area contributed by atoms with Crippen LogP contribution in [0, 0.1) is 0 Å². The molecule has 0 heterocycles. The summed E-state index contributed by atoms with van der Waals surface area (Å²) in [6.45, 7) is 14.2. The van der Waals surface area contributed by atoms with Gasteiger partial charge in [-0.25, -0.2) is 0 Å². The molecule has 0 aromatic heterocycles. The summed E-state index contributed by atoms with van der Waals surface area (Å²) in [5, 5.41) is 23.4. The van der Waals surface area contributed by atoms with E-state index in [9.17, 15) is 10.2 Å². The van der Waals surface area contributed by atoms with Crippen molar-refractivity contribution in [1.29, 1.82) is 0 Å². The Labute approximate surface area is 221 Å². The average molecular weight is 580 g/mol. The first-order valence-electron chi connectivity index (χ1n) is 12.6. The normalized spacial score (nSPS) is 17.3. The number of hydrogen-bond donors (Lipinski definition) is 2. The molecule has 2 N–H and O–H groups in total. The van der Waals surface area contributed by atoms with Gasteiger partial charge in [0, 0.05) is 0 Å². The van der Waals surface area contributed by atoms with Crippen molar-refractivity contribution in [3.8, 4) is 11.1 Å². The molecule has 0 amide bonds. The van der Waals surface area contributed by atoms with Crippen LogP contribution in [0.4, 0.5) is 0 Å². The second kappa shape index (κ2) is 10.3. The van der Waals surface area contributed by atoms with Crippen molar-refractivity contribution in [2.45, 2.75) is 66.4 Å². The first-order chi connectivity index (χ1) is 16.0. The molecule has 2 aromatic carbocycles. The molecule has 2 unspecified atom stereocenters. The van der Waals surface area contributed by atoms with E-state index >= 15 is 0 Å². The van der Waals surface area contributed by atoms with Crippen LogP contribution >= 0.6 is 8.51 Å². The third-order valence-corrected chi connectivity index (χ3v) is 20.2. The average Bonchev–Trinajstić information content (AvgIpc) is 3.07. The van der Waals surface area contributed by atoms with Gasteiger partial charge in [0.25, 0.3) is 0 Å². The zero-order valence-electron chi connectivity index (χ0n) is 23.3. The topological polar surface area (TPSA) is 46.9 Å². The Balaban J connectivity index is 2.31. The Hall–Kier alpha value is -0.547. The van der Waals surface area contributed by atoms with Crippen LogP contribution in [0.2, 0.25) is 0 Å². The predicted molar refractivity (Wildman–Crippen MR) is 147 cm³/mol. The Morgan fingerprint density at radius 2 is 1.34 bits per heavy atom. The molecule has 6 heteroatoms. The number of aliphatic hydroxyl groups excluding tert-OH is 2. The molecule has 2 aromatic rings. The minimum absolute atomic E-state index is 0.0719. The van der Waals surface area contributed by atoms with Crippen LogP contribution in [0.1, 0.15) is 63.8 Å². The molecule has 3 rings (SSSR count). The van der Waals surface area contributed by atoms with E-state index in [0.717, 1.165) is 9.69 Å². The van der Waals surface area contributed by atoms with Crippen molar-refractivity contribution in [2.75, 3.05) is 41.3 Å². The van der Waals surface area contributed by atoms with E-state index in [1.165, 1.54) is 33.4 Å². The number of rotatable bonds is 7. The summed E-state index contributed by atoms with van der Waals surface area (Å²) >= 11 is -4.38. The number of fused-ring (bicyclic) bond motifs is 3. The number of nitrogens with zero attached hydrogens (tertiary/aromatic N) is 2. The third-order valence-electron chi connectivity index (χ3n) is 7.18. The molecular formula is C29H45ClN2O2Zr. The first-order valence-corrected chi connectivity index (χ1v) is 19.9. The Kier molecular flexibility index (Phi) is 8.55. The predicted octanol–water partition coefficient (Wildman–Crippen LogP) is 4.55. The van der Waals surface area contributed by atoms with Gasteiger partial charge >= 0.3 is 222 Å². The molecule has 1 aliphatic carbocycles. The summed E-state index contributed by atoms with van der Waals surface area (Å²) < 4.78 is -0.405. The van der Waals surface area contributed by atoms with Gasteiger partial charge in [-0.1, -0.05) is 0 Å². The molecule has 194 valence electrons. The van der Waals surface area contributed by atoms with Crippen molar-refractivity contribution in [1.82, 2.24) is 9.80 Å². The molecule has 2 atom stereocenters. The summed E-state index contributed by atoms with van der Waals surface area (Å²) in [4.78, 5) is 3.96. The van der Waals surface area contributed by atoms with E-state index < -0.39 is 26.7 Å². The molecule has 1 aliphatic rings. The standard InChI is InChI=1S/C21H25.2C4H10NO.ClH.Zr/c1-20(2,3)16-7-9-18-14(12-16)11-15-13-17(21(4,5)6)8-10-19(15)18;2*1-5(2)3-4-6;;/h7-10,12H,11H2,1-6H3;2*4,6H,3H2,1-2H3;1H;/q;;;;+1/p-1. The fourth-order valence-corrected chi connectivity index (χ4v) is 17.1. The Bertz CT molecular complexity index is 1050. The van der Waals surface area contributed by atoms with Gasteiger partial charge in [-0.2, -0.15) is 0 Å². The van der Waals surface area contributed by atoms with Crippen LogP contribution in [0.3, 0.4) is 0 Å². The van der Waals surface area contributed by atoms with Gasteiger partial charge in [0.05, 0.1) is 0 Å². The molecule has 0 radical (unpaired) electrons. The second-order valence-electron chi connectivity index (χ2n) is 12.9. The third kappa shape index (κ3) is 5.81. The van der Waals surface area contributed by atoms with Gasteiger partial charge in [-0.05, 0) is 0 Å². The molecular weight excluding hydrogens is 535 g/mol. The molecule has 0 spiro atoms. The van der Waals surface area contributed by atoms with E-state index in [0.29, 0.717) is 13.1 Å². The number of halogens is 1. The van der Waals surface area contributed by atoms with Crippen molar-refractivity contribution >= 4 is 11.8 Å². The molecule has 0 aliphatic heterocycles. The summed E-state index contributed by atoms with van der Waals surface area (Å²) in [6.07, 6.45) is 0.794. The maximum atomic E-state index is 11.7. The van der Waals surface area contributed by atoms with Crippen LogP contribution in [0.25, 0.3) is 11.1 Å². The molecule has 0 saturated heterocycles. The van der Waals surface area contributed by atoms with E-state index in [2.05, 4.69) is 71.9 Å². The van der Waals surface area contributed by atoms with Gasteiger partial charge in [-0.3, -0.25) is 0 Å². The maximum absolute atomic E-state index is 11.7. The summed E-state index contributed by atoms with van der Waals surface area (Å²) in [5.74, 6) is 0. The number of likely N-dealkylation sites (N-methyl/N-ethyl adjacent to an activating group) is 2. The Morgan fingerprint density at radius 1 is 0.829 bits per heavy atom. The van der Waals surface area contributed by atoms with Gasteiger partial charge in [-0.15, -0.1) is 0 Å². The SMILES string of the molecule is CN(C)C[CH](O)[Zr]([Cl])([c]1c(C(C)(C)C)ccc2c1Cc1cc(C(C)(C)C)ccc1-2)[CH](O)CN(C)C. The van der Waals surface area contributed by atoms with Crippen molar-refractivity contribution < 1.29 is 29.3 Å². The van der Waals surface area contributed by atoms with E-state index in [1.54, 1.807) is 0 Å². The van der Waals surface area contributed by atoms with Crippen molar-refractivity contribution in [3.05, 3.63) is 52.6 Å². The van der Waals surface area contributed by atoms with Crippen LogP contribution in [-0.2, 0) is 36.3 Å². The van der Waals surface area contributed by atoms with Crippen LogP contribution in [0.5, 0.6) is 0 Å². The van der Waals surface area contributed by atoms with Crippen LogP contribution < -0.4 is 3.27 Å². The van der Waals surface area contributed by atoms with Gasteiger partial charge in [0.15, 0.2) is 0 Å². The van der Waals surface area contributed by atoms with Crippen molar-refractivity contribution in [2.24, 2.45) is 0 Å². The summed E-state index contributed by atoms with van der Waals surface area (Å²) in [6, 6.07) is 11.3. The Morgan fingerprint density at radius 3 is 1.80 bits per heavy atom. The fraction of sp³-hybridized carbons (Fsp3) is 0.586. The zero-order chi connectivity index (χ0) is 26.5. The van der Waals surface area contributed by atoms with E-state index in [1.807, 2.05) is 38.0 Å². The first kappa shape index (κ1) is 29.0. The van der Waals surface area contributed by atoms with Gasteiger partial charge in [0.1, 0.15) is 0 Å². The number of aliphatic hydroxyl groups is 2. The molecule has 0 saturated carbocycles. The van der Waals surface area contributed by atoms with Gasteiger partial charge in [0.2, 0.25) is 0 Å². The van der Waals surface area contributed by atoms with Crippen molar-refractivity contribution in [3.63, 3.8) is 0 Å². The monoisotopic (exact) mass is 578 g/mol. The quantitative estimate of drug-likeness (QED) is 0.431. The van der Waals surface area contributed by atoms with Crippen LogP contribution in [0.15, 0.2) is 30.3 Å². The second-order valence-corrected chi connectivity index (χ2v) is 24.9. The summed E-state index contributed by atoms with van der Waals surface area (Å²) in [5.41, 5.74) is 7.40. The fourth-order valence-electron chi connectivity index (χ4n) is 5.32. The minimum atomic E-state index is -4.38. The number of hydrogen-bond acceptors (Lipinski definition) is 4. The summed E-state index contributed by atoms with van der Waals surface area (Å²) in [7, 11) is 15.6. The van der Waals surface area contributed by atoms with Gasteiger partial charge < -0.3 is 0 Å². The molecule has 0 bridgehead atoms. The zero-order valence-corrected chi connectivity index (χ0v) is 26.5.